The molecule has 1 aliphatic heterocycles. The van der Waals surface area contributed by atoms with Crippen LogP contribution in [0.5, 0.6) is 0 Å². The van der Waals surface area contributed by atoms with E-state index < -0.39 is 0 Å². The lowest BCUT2D eigenvalue weighted by molar-refractivity contribution is -0.122. The van der Waals surface area contributed by atoms with Crippen molar-refractivity contribution in [1.82, 2.24) is 10.2 Å². The van der Waals surface area contributed by atoms with Crippen molar-refractivity contribution in [2.75, 3.05) is 19.6 Å². The zero-order valence-electron chi connectivity index (χ0n) is 13.7. The number of benzene rings is 1. The zero-order chi connectivity index (χ0) is 15.1. The Morgan fingerprint density at radius 1 is 1.26 bits per heavy atom. The Bertz CT molecular complexity index is 435. The molecule has 1 heterocycles. The Morgan fingerprint density at radius 2 is 1.87 bits per heavy atom. The quantitative estimate of drug-likeness (QED) is 0.817. The number of nitrogens with zero attached hydrogens (tertiary/aromatic N) is 1. The van der Waals surface area contributed by atoms with Crippen molar-refractivity contribution in [2.24, 2.45) is 5.73 Å². The lowest BCUT2D eigenvalue weighted by atomic mass is 10.0. The highest BCUT2D eigenvalue weighted by Gasteiger charge is 2.20. The SMILES string of the molecule is CC(N)CC(=O)NC1CCN(CCc2ccccc2)CC1.Cl.Cl. The molecule has 0 aliphatic carbocycles. The zero-order valence-corrected chi connectivity index (χ0v) is 15.4. The van der Waals surface area contributed by atoms with E-state index >= 15 is 0 Å². The number of hydrogen-bond donors (Lipinski definition) is 2. The van der Waals surface area contributed by atoms with Crippen LogP contribution in [0.4, 0.5) is 0 Å². The summed E-state index contributed by atoms with van der Waals surface area (Å²) >= 11 is 0. The van der Waals surface area contributed by atoms with E-state index in [2.05, 4.69) is 40.5 Å². The highest BCUT2D eigenvalue weighted by Crippen LogP contribution is 2.11. The van der Waals surface area contributed by atoms with Gasteiger partial charge in [0.15, 0.2) is 0 Å². The van der Waals surface area contributed by atoms with Crippen LogP contribution >= 0.6 is 24.8 Å². The maximum absolute atomic E-state index is 11.7. The molecule has 3 N–H and O–H groups in total. The molecular weight excluding hydrogens is 333 g/mol. The van der Waals surface area contributed by atoms with Crippen molar-refractivity contribution in [3.8, 4) is 0 Å². The fourth-order valence-corrected chi connectivity index (χ4v) is 2.81. The Labute approximate surface area is 152 Å². The standard InChI is InChI=1S/C17H27N3O.2ClH/c1-14(18)13-17(21)19-16-8-11-20(12-9-16)10-7-15-5-3-2-4-6-15;;/h2-6,14,16H,7-13,18H2,1H3,(H,19,21);2*1H. The van der Waals surface area contributed by atoms with Crippen LogP contribution in [0, 0.1) is 0 Å². The van der Waals surface area contributed by atoms with Crippen molar-refractivity contribution >= 4 is 30.7 Å². The van der Waals surface area contributed by atoms with Crippen molar-refractivity contribution in [3.63, 3.8) is 0 Å². The van der Waals surface area contributed by atoms with Gasteiger partial charge in [0.2, 0.25) is 5.91 Å². The summed E-state index contributed by atoms with van der Waals surface area (Å²) in [5.74, 6) is 0.0905. The predicted molar refractivity (Wildman–Crippen MR) is 101 cm³/mol. The highest BCUT2D eigenvalue weighted by molar-refractivity contribution is 5.85. The third-order valence-corrected chi connectivity index (χ3v) is 4.02. The number of carbonyl (C=O) groups is 1. The average molecular weight is 362 g/mol. The fraction of sp³-hybridized carbons (Fsp3) is 0.588. The van der Waals surface area contributed by atoms with E-state index in [0.717, 1.165) is 38.9 Å². The summed E-state index contributed by atoms with van der Waals surface area (Å²) in [7, 11) is 0. The number of likely N-dealkylation sites (tertiary alicyclic amines) is 1. The number of hydrogen-bond acceptors (Lipinski definition) is 3. The monoisotopic (exact) mass is 361 g/mol. The fourth-order valence-electron chi connectivity index (χ4n) is 2.81. The van der Waals surface area contributed by atoms with E-state index in [4.69, 9.17) is 5.73 Å². The van der Waals surface area contributed by atoms with Crippen LogP contribution < -0.4 is 11.1 Å². The minimum absolute atomic E-state index is 0. The molecular formula is C17H29Cl2N3O. The topological polar surface area (TPSA) is 58.4 Å². The molecule has 0 spiro atoms. The highest BCUT2D eigenvalue weighted by atomic mass is 35.5. The van der Waals surface area contributed by atoms with Crippen molar-refractivity contribution in [3.05, 3.63) is 35.9 Å². The first-order chi connectivity index (χ1) is 10.1. The molecule has 4 nitrogen and oxygen atoms in total. The van der Waals surface area contributed by atoms with E-state index in [-0.39, 0.29) is 36.8 Å². The number of nitrogens with one attached hydrogen (secondary N) is 1. The number of carbonyl (C=O) groups excluding carboxylic acids is 1. The molecule has 0 saturated carbocycles. The lowest BCUT2D eigenvalue weighted by Gasteiger charge is -2.32. The summed E-state index contributed by atoms with van der Waals surface area (Å²) in [5, 5.41) is 3.10. The molecule has 2 rings (SSSR count). The Morgan fingerprint density at radius 3 is 2.43 bits per heavy atom. The molecule has 1 fully saturated rings. The number of piperidine rings is 1. The normalized spacial score (nSPS) is 16.8. The predicted octanol–water partition coefficient (Wildman–Crippen LogP) is 2.39. The Balaban J connectivity index is 0.00000242. The van der Waals surface area contributed by atoms with E-state index in [0.29, 0.717) is 12.5 Å². The van der Waals surface area contributed by atoms with Crippen LogP contribution in [0.3, 0.4) is 0 Å². The van der Waals surface area contributed by atoms with Gasteiger partial charge in [0.1, 0.15) is 0 Å². The maximum atomic E-state index is 11.7. The molecule has 1 atom stereocenters. The Hall–Kier alpha value is -0.810. The first kappa shape index (κ1) is 22.2. The van der Waals surface area contributed by atoms with E-state index in [1.807, 2.05) is 6.92 Å². The molecule has 0 bridgehead atoms. The molecule has 23 heavy (non-hydrogen) atoms. The van der Waals surface area contributed by atoms with Crippen LogP contribution in [0.25, 0.3) is 0 Å². The minimum Gasteiger partial charge on any atom is -0.353 e. The van der Waals surface area contributed by atoms with Gasteiger partial charge in [0, 0.05) is 38.1 Å². The summed E-state index contributed by atoms with van der Waals surface area (Å²) in [6.45, 7) is 5.10. The second-order valence-corrected chi connectivity index (χ2v) is 6.10. The number of halogens is 2. The second-order valence-electron chi connectivity index (χ2n) is 6.10. The first-order valence-corrected chi connectivity index (χ1v) is 7.94. The minimum atomic E-state index is -0.0593. The van der Waals surface area contributed by atoms with Gasteiger partial charge in [-0.3, -0.25) is 4.79 Å². The smallest absolute Gasteiger partial charge is 0.221 e. The molecule has 1 saturated heterocycles. The molecule has 1 aromatic rings. The van der Waals surface area contributed by atoms with Crippen LogP contribution in [-0.2, 0) is 11.2 Å². The third kappa shape index (κ3) is 8.56. The van der Waals surface area contributed by atoms with E-state index in [1.54, 1.807) is 0 Å². The second kappa shape index (κ2) is 11.7. The maximum Gasteiger partial charge on any atom is 0.221 e. The number of amides is 1. The van der Waals surface area contributed by atoms with Crippen LogP contribution in [0.15, 0.2) is 30.3 Å². The molecule has 0 aromatic heterocycles. The number of nitrogens with two attached hydrogens (primary N) is 1. The van der Waals surface area contributed by atoms with Crippen molar-refractivity contribution < 1.29 is 4.79 Å². The summed E-state index contributed by atoms with van der Waals surface area (Å²) in [6, 6.07) is 10.9. The summed E-state index contributed by atoms with van der Waals surface area (Å²) < 4.78 is 0. The molecule has 132 valence electrons. The van der Waals surface area contributed by atoms with Crippen LogP contribution in [-0.4, -0.2) is 42.5 Å². The first-order valence-electron chi connectivity index (χ1n) is 7.94. The Kier molecular flexibility index (Phi) is 11.3. The summed E-state index contributed by atoms with van der Waals surface area (Å²) in [5.41, 5.74) is 7.04. The van der Waals surface area contributed by atoms with Gasteiger partial charge in [-0.15, -0.1) is 24.8 Å². The molecule has 1 unspecified atom stereocenters. The van der Waals surface area contributed by atoms with Gasteiger partial charge in [-0.2, -0.15) is 0 Å². The van der Waals surface area contributed by atoms with Crippen molar-refractivity contribution in [2.45, 2.75) is 44.7 Å². The molecule has 0 radical (unpaired) electrons. The van der Waals surface area contributed by atoms with E-state index in [1.165, 1.54) is 5.56 Å². The van der Waals surface area contributed by atoms with Crippen LogP contribution in [0.2, 0.25) is 0 Å². The third-order valence-electron chi connectivity index (χ3n) is 4.02. The van der Waals surface area contributed by atoms with Gasteiger partial charge in [-0.1, -0.05) is 30.3 Å². The van der Waals surface area contributed by atoms with Gasteiger partial charge in [0.05, 0.1) is 0 Å². The molecule has 6 heteroatoms. The molecule has 1 amide bonds. The van der Waals surface area contributed by atoms with Gasteiger partial charge >= 0.3 is 0 Å². The van der Waals surface area contributed by atoms with Crippen LogP contribution in [0.1, 0.15) is 31.7 Å². The largest absolute Gasteiger partial charge is 0.353 e. The summed E-state index contributed by atoms with van der Waals surface area (Å²) in [6.07, 6.45) is 3.61. The van der Waals surface area contributed by atoms with Crippen molar-refractivity contribution in [1.29, 1.82) is 0 Å². The average Bonchev–Trinajstić information content (AvgIpc) is 2.47. The molecule has 1 aromatic carbocycles. The van der Waals surface area contributed by atoms with Gasteiger partial charge in [-0.05, 0) is 31.7 Å². The summed E-state index contributed by atoms with van der Waals surface area (Å²) in [4.78, 5) is 14.2. The van der Waals surface area contributed by atoms with Gasteiger partial charge < -0.3 is 16.0 Å². The molecule has 1 aliphatic rings. The van der Waals surface area contributed by atoms with Gasteiger partial charge in [0.25, 0.3) is 0 Å². The van der Waals surface area contributed by atoms with E-state index in [9.17, 15) is 4.79 Å². The number of rotatable bonds is 6. The lowest BCUT2D eigenvalue weighted by Crippen LogP contribution is -2.45. The van der Waals surface area contributed by atoms with Gasteiger partial charge in [-0.25, -0.2) is 0 Å².